The Labute approximate surface area is 212 Å². The number of rotatable bonds is 7. The van der Waals surface area contributed by atoms with Gasteiger partial charge in [0.2, 0.25) is 11.8 Å². The largest absolute Gasteiger partial charge is 0.379 e. The molecule has 0 saturated carbocycles. The number of halogens is 1. The number of benzene rings is 2. The van der Waals surface area contributed by atoms with Crippen LogP contribution in [-0.4, -0.2) is 67.0 Å². The third kappa shape index (κ3) is 5.08. The van der Waals surface area contributed by atoms with Gasteiger partial charge in [-0.15, -0.1) is 0 Å². The molecule has 2 aromatic carbocycles. The first kappa shape index (κ1) is 23.9. The molecule has 0 unspecified atom stereocenters. The van der Waals surface area contributed by atoms with Crippen LogP contribution in [0.5, 0.6) is 0 Å². The third-order valence-electron chi connectivity index (χ3n) is 6.22. The highest BCUT2D eigenvalue weighted by Crippen LogP contribution is 2.34. The molecular formula is C25H25ClN4O4S. The lowest BCUT2D eigenvalue weighted by atomic mass is 10.1. The maximum atomic E-state index is 13.6. The van der Waals surface area contributed by atoms with E-state index in [-0.39, 0.29) is 30.6 Å². The number of morpholine rings is 1. The number of imide groups is 1. The number of carbonyl (C=O) groups excluding carboxylic acids is 3. The number of para-hydroxylation sites is 1. The van der Waals surface area contributed by atoms with Crippen molar-refractivity contribution < 1.29 is 19.1 Å². The zero-order valence-electron chi connectivity index (χ0n) is 19.1. The summed E-state index contributed by atoms with van der Waals surface area (Å²) < 4.78 is 6.34. The van der Waals surface area contributed by atoms with Crippen LogP contribution in [0.3, 0.4) is 0 Å². The molecule has 1 aromatic heterocycles. The molecule has 0 radical (unpaired) electrons. The van der Waals surface area contributed by atoms with Crippen LogP contribution in [0.2, 0.25) is 5.02 Å². The fourth-order valence-corrected chi connectivity index (χ4v) is 5.64. The highest BCUT2D eigenvalue weighted by Gasteiger charge is 2.30. The van der Waals surface area contributed by atoms with Crippen LogP contribution in [0, 0.1) is 0 Å². The number of nitrogens with zero attached hydrogens (tertiary/aromatic N) is 4. The fraction of sp³-hybridized carbons (Fsp3) is 0.360. The molecule has 3 aromatic rings. The van der Waals surface area contributed by atoms with Crippen molar-refractivity contribution in [2.24, 2.45) is 0 Å². The quantitative estimate of drug-likeness (QED) is 0.445. The van der Waals surface area contributed by atoms with E-state index in [1.165, 1.54) is 16.2 Å². The second-order valence-electron chi connectivity index (χ2n) is 8.52. The van der Waals surface area contributed by atoms with Gasteiger partial charge in [-0.05, 0) is 42.8 Å². The molecule has 0 aliphatic carbocycles. The molecule has 10 heteroatoms. The maximum absolute atomic E-state index is 13.6. The van der Waals surface area contributed by atoms with Gasteiger partial charge in [0.1, 0.15) is 5.52 Å². The minimum absolute atomic E-state index is 0.187. The standard InChI is InChI=1S/C25H25ClN4O4S/c26-19-3-1-4-20-23(19)27-25(35-20)29(12-2-11-28-13-15-34-16-14-28)24(33)17-5-7-18(8-6-17)30-21(31)9-10-22(30)32/h1,3-8H,2,9-16H2. The van der Waals surface area contributed by atoms with E-state index in [1.54, 1.807) is 35.2 Å². The Morgan fingerprint density at radius 1 is 1.06 bits per heavy atom. The minimum Gasteiger partial charge on any atom is -0.379 e. The molecule has 35 heavy (non-hydrogen) atoms. The minimum atomic E-state index is -0.217. The number of amides is 3. The zero-order valence-corrected chi connectivity index (χ0v) is 20.7. The Kier molecular flexibility index (Phi) is 7.10. The summed E-state index contributed by atoms with van der Waals surface area (Å²) in [5.41, 5.74) is 1.63. The molecule has 2 saturated heterocycles. The molecule has 3 heterocycles. The van der Waals surface area contributed by atoms with E-state index in [0.29, 0.717) is 33.5 Å². The van der Waals surface area contributed by atoms with E-state index in [2.05, 4.69) is 9.88 Å². The lowest BCUT2D eigenvalue weighted by Crippen LogP contribution is -2.39. The number of fused-ring (bicyclic) bond motifs is 1. The summed E-state index contributed by atoms with van der Waals surface area (Å²) >= 11 is 7.77. The number of hydrogen-bond acceptors (Lipinski definition) is 7. The van der Waals surface area contributed by atoms with Gasteiger partial charge in [0, 0.05) is 44.6 Å². The predicted molar refractivity (Wildman–Crippen MR) is 136 cm³/mol. The number of hydrogen-bond donors (Lipinski definition) is 0. The van der Waals surface area contributed by atoms with Crippen LogP contribution in [-0.2, 0) is 14.3 Å². The van der Waals surface area contributed by atoms with Crippen LogP contribution in [0.4, 0.5) is 10.8 Å². The normalized spacial score (nSPS) is 16.9. The summed E-state index contributed by atoms with van der Waals surface area (Å²) in [5.74, 6) is -0.622. The van der Waals surface area contributed by atoms with Gasteiger partial charge in [0.15, 0.2) is 5.13 Å². The first-order valence-corrected chi connectivity index (χ1v) is 12.8. The SMILES string of the molecule is O=C(c1ccc(N2C(=O)CCC2=O)cc1)N(CCCN1CCOCC1)c1nc2c(Cl)cccc2s1. The first-order chi connectivity index (χ1) is 17.0. The Hall–Kier alpha value is -2.85. The highest BCUT2D eigenvalue weighted by molar-refractivity contribution is 7.22. The van der Waals surface area contributed by atoms with Gasteiger partial charge in [-0.2, -0.15) is 0 Å². The Morgan fingerprint density at radius 3 is 2.46 bits per heavy atom. The Morgan fingerprint density at radius 2 is 1.77 bits per heavy atom. The molecule has 5 rings (SSSR count). The molecule has 8 nitrogen and oxygen atoms in total. The highest BCUT2D eigenvalue weighted by atomic mass is 35.5. The lowest BCUT2D eigenvalue weighted by Gasteiger charge is -2.27. The summed E-state index contributed by atoms with van der Waals surface area (Å²) in [6.07, 6.45) is 1.22. The van der Waals surface area contributed by atoms with Gasteiger partial charge in [0.25, 0.3) is 5.91 Å². The van der Waals surface area contributed by atoms with Crippen molar-refractivity contribution >= 4 is 61.7 Å². The van der Waals surface area contributed by atoms with Gasteiger partial charge in [-0.1, -0.05) is 29.0 Å². The number of carbonyl (C=O) groups is 3. The smallest absolute Gasteiger partial charge is 0.260 e. The van der Waals surface area contributed by atoms with Crippen molar-refractivity contribution in [2.45, 2.75) is 19.3 Å². The van der Waals surface area contributed by atoms with Crippen molar-refractivity contribution in [3.63, 3.8) is 0 Å². The average molecular weight is 513 g/mol. The van der Waals surface area contributed by atoms with Gasteiger partial charge < -0.3 is 4.74 Å². The summed E-state index contributed by atoms with van der Waals surface area (Å²) in [7, 11) is 0. The Bertz CT molecular complexity index is 1240. The van der Waals surface area contributed by atoms with E-state index in [0.717, 1.165) is 44.0 Å². The number of thiazole rings is 1. The zero-order chi connectivity index (χ0) is 24.4. The van der Waals surface area contributed by atoms with Gasteiger partial charge >= 0.3 is 0 Å². The van der Waals surface area contributed by atoms with Crippen LogP contribution in [0.1, 0.15) is 29.6 Å². The van der Waals surface area contributed by atoms with Crippen LogP contribution >= 0.6 is 22.9 Å². The number of aromatic nitrogens is 1. The molecule has 182 valence electrons. The summed E-state index contributed by atoms with van der Waals surface area (Å²) in [6, 6.07) is 12.2. The van der Waals surface area contributed by atoms with Crippen LogP contribution in [0.25, 0.3) is 10.2 Å². The Balaban J connectivity index is 1.38. The lowest BCUT2D eigenvalue weighted by molar-refractivity contribution is -0.121. The summed E-state index contributed by atoms with van der Waals surface area (Å²) in [5, 5.41) is 1.14. The molecule has 2 aliphatic rings. The van der Waals surface area contributed by atoms with Gasteiger partial charge in [0.05, 0.1) is 28.6 Å². The summed E-state index contributed by atoms with van der Waals surface area (Å²) in [4.78, 5) is 47.6. The topological polar surface area (TPSA) is 83.1 Å². The van der Waals surface area contributed by atoms with Crippen LogP contribution in [0.15, 0.2) is 42.5 Å². The van der Waals surface area contributed by atoms with Crippen LogP contribution < -0.4 is 9.80 Å². The van der Waals surface area contributed by atoms with E-state index in [9.17, 15) is 14.4 Å². The van der Waals surface area contributed by atoms with E-state index >= 15 is 0 Å². The van der Waals surface area contributed by atoms with Crippen molar-refractivity contribution in [1.29, 1.82) is 0 Å². The maximum Gasteiger partial charge on any atom is 0.260 e. The molecule has 0 N–H and O–H groups in total. The second kappa shape index (κ2) is 10.4. The molecular weight excluding hydrogens is 488 g/mol. The fourth-order valence-electron chi connectivity index (χ4n) is 4.35. The van der Waals surface area contributed by atoms with Crippen molar-refractivity contribution in [2.75, 3.05) is 49.2 Å². The molecule has 2 fully saturated rings. The molecule has 0 bridgehead atoms. The third-order valence-corrected chi connectivity index (χ3v) is 7.57. The first-order valence-electron chi connectivity index (χ1n) is 11.6. The van der Waals surface area contributed by atoms with E-state index in [4.69, 9.17) is 16.3 Å². The predicted octanol–water partition coefficient (Wildman–Crippen LogP) is 3.97. The van der Waals surface area contributed by atoms with Crippen molar-refractivity contribution in [3.05, 3.63) is 53.1 Å². The summed E-state index contributed by atoms with van der Waals surface area (Å²) in [6.45, 7) is 4.59. The molecule has 2 aliphatic heterocycles. The number of ether oxygens (including phenoxy) is 1. The van der Waals surface area contributed by atoms with E-state index < -0.39 is 0 Å². The average Bonchev–Trinajstić information content (AvgIpc) is 3.46. The van der Waals surface area contributed by atoms with E-state index in [1.807, 2.05) is 12.1 Å². The number of anilines is 2. The molecule has 0 atom stereocenters. The second-order valence-corrected chi connectivity index (χ2v) is 9.93. The van der Waals surface area contributed by atoms with Crippen molar-refractivity contribution in [3.8, 4) is 0 Å². The molecule has 0 spiro atoms. The van der Waals surface area contributed by atoms with Gasteiger partial charge in [-0.3, -0.25) is 29.1 Å². The monoisotopic (exact) mass is 512 g/mol. The van der Waals surface area contributed by atoms with Gasteiger partial charge in [-0.25, -0.2) is 4.98 Å². The molecule has 3 amide bonds. The van der Waals surface area contributed by atoms with Crippen molar-refractivity contribution in [1.82, 2.24) is 9.88 Å².